The summed E-state index contributed by atoms with van der Waals surface area (Å²) in [6.45, 7) is 0.785. The van der Waals surface area contributed by atoms with E-state index < -0.39 is 5.66 Å². The van der Waals surface area contributed by atoms with Gasteiger partial charge in [0, 0.05) is 25.3 Å². The van der Waals surface area contributed by atoms with Gasteiger partial charge in [0.25, 0.3) is 5.91 Å². The lowest BCUT2D eigenvalue weighted by molar-refractivity contribution is -0.135. The lowest BCUT2D eigenvalue weighted by Gasteiger charge is -2.42. The molecule has 152 valence electrons. The van der Waals surface area contributed by atoms with Gasteiger partial charge in [0.05, 0.1) is 5.41 Å². The van der Waals surface area contributed by atoms with Crippen molar-refractivity contribution in [1.29, 1.82) is 0 Å². The molecular formula is C25H31N3O. The first-order chi connectivity index (χ1) is 14.1. The van der Waals surface area contributed by atoms with E-state index in [0.717, 1.165) is 25.8 Å². The van der Waals surface area contributed by atoms with Crippen LogP contribution in [0.25, 0.3) is 0 Å². The molecule has 29 heavy (non-hydrogen) atoms. The Kier molecular flexibility index (Phi) is 4.43. The lowest BCUT2D eigenvalue weighted by atomic mass is 9.70. The summed E-state index contributed by atoms with van der Waals surface area (Å²) in [5.41, 5.74) is 2.73. The highest BCUT2D eigenvalue weighted by Gasteiger charge is 2.70. The minimum Gasteiger partial charge on any atom is -0.347 e. The van der Waals surface area contributed by atoms with Crippen molar-refractivity contribution in [1.82, 2.24) is 10.2 Å². The number of hydrogen-bond acceptors (Lipinski definition) is 3. The smallest absolute Gasteiger partial charge is 0.264 e. The Bertz CT molecular complexity index is 907. The fourth-order valence-corrected chi connectivity index (χ4v) is 6.41. The number of anilines is 1. The summed E-state index contributed by atoms with van der Waals surface area (Å²) >= 11 is 0. The molecule has 5 rings (SSSR count). The van der Waals surface area contributed by atoms with Gasteiger partial charge in [-0.2, -0.15) is 0 Å². The number of hydrogen-bond donors (Lipinski definition) is 1. The minimum absolute atomic E-state index is 0.251. The van der Waals surface area contributed by atoms with Gasteiger partial charge < -0.3 is 9.80 Å². The van der Waals surface area contributed by atoms with Gasteiger partial charge in [-0.3, -0.25) is 10.1 Å². The Hall–Kier alpha value is -2.33. The van der Waals surface area contributed by atoms with E-state index in [9.17, 15) is 4.79 Å². The molecule has 0 spiro atoms. The van der Waals surface area contributed by atoms with Gasteiger partial charge in [0.1, 0.15) is 0 Å². The first kappa shape index (κ1) is 18.7. The van der Waals surface area contributed by atoms with E-state index in [1.807, 2.05) is 7.05 Å². The standard InChI is InChI=1S/C25H31N3O/c1-26-25-23(29)28(20-13-7-4-8-14-20)18-24(25,17-19-11-5-3-6-12-19)21-15-9-10-16-22(21)27(25)2/h3,5-6,9-12,15-16,20,26H,4,7-8,13-14,17-18H2,1-2H3/t24-,25-/m0/s1. The van der Waals surface area contributed by atoms with Crippen LogP contribution in [0, 0.1) is 0 Å². The van der Waals surface area contributed by atoms with Crippen LogP contribution in [0.2, 0.25) is 0 Å². The maximum Gasteiger partial charge on any atom is 0.264 e. The number of nitrogens with zero attached hydrogens (tertiary/aromatic N) is 2. The molecule has 3 aliphatic rings. The number of rotatable bonds is 4. The maximum atomic E-state index is 14.1. The number of fused-ring (bicyclic) bond motifs is 3. The molecule has 0 aromatic heterocycles. The van der Waals surface area contributed by atoms with Crippen molar-refractivity contribution in [3.63, 3.8) is 0 Å². The summed E-state index contributed by atoms with van der Waals surface area (Å²) in [5, 5.41) is 3.55. The Morgan fingerprint density at radius 3 is 2.41 bits per heavy atom. The number of likely N-dealkylation sites (N-methyl/N-ethyl adjacent to an activating group) is 2. The van der Waals surface area contributed by atoms with Crippen molar-refractivity contribution < 1.29 is 4.79 Å². The minimum atomic E-state index is -0.732. The van der Waals surface area contributed by atoms with Gasteiger partial charge in [0.15, 0.2) is 5.66 Å². The number of likely N-dealkylation sites (tertiary alicyclic amines) is 1. The average molecular weight is 390 g/mol. The molecule has 0 bridgehead atoms. The summed E-state index contributed by atoms with van der Waals surface area (Å²) in [7, 11) is 4.05. The van der Waals surface area contributed by atoms with Crippen LogP contribution >= 0.6 is 0 Å². The summed E-state index contributed by atoms with van der Waals surface area (Å²) in [6.07, 6.45) is 6.90. The van der Waals surface area contributed by atoms with Gasteiger partial charge >= 0.3 is 0 Å². The van der Waals surface area contributed by atoms with Crippen LogP contribution in [0.3, 0.4) is 0 Å². The highest BCUT2D eigenvalue weighted by atomic mass is 16.2. The summed E-state index contributed by atoms with van der Waals surface area (Å²) < 4.78 is 0. The topological polar surface area (TPSA) is 35.6 Å². The molecule has 1 saturated heterocycles. The van der Waals surface area contributed by atoms with E-state index in [2.05, 4.69) is 76.8 Å². The summed E-state index contributed by atoms with van der Waals surface area (Å²) in [6, 6.07) is 19.7. The second kappa shape index (κ2) is 6.88. The molecule has 2 aromatic rings. The van der Waals surface area contributed by atoms with E-state index in [1.54, 1.807) is 0 Å². The molecule has 2 fully saturated rings. The average Bonchev–Trinajstić information content (AvgIpc) is 3.15. The second-order valence-electron chi connectivity index (χ2n) is 9.01. The lowest BCUT2D eigenvalue weighted by Crippen LogP contribution is -2.68. The number of carbonyl (C=O) groups is 1. The van der Waals surface area contributed by atoms with E-state index in [0.29, 0.717) is 6.04 Å². The molecule has 2 aromatic carbocycles. The largest absolute Gasteiger partial charge is 0.347 e. The predicted molar refractivity (Wildman–Crippen MR) is 117 cm³/mol. The molecular weight excluding hydrogens is 358 g/mol. The third-order valence-corrected chi connectivity index (χ3v) is 7.71. The highest BCUT2D eigenvalue weighted by molar-refractivity contribution is 5.98. The van der Waals surface area contributed by atoms with E-state index >= 15 is 0 Å². The molecule has 4 nitrogen and oxygen atoms in total. The van der Waals surface area contributed by atoms with E-state index in [1.165, 1.54) is 36.1 Å². The van der Waals surface area contributed by atoms with Crippen LogP contribution in [0.5, 0.6) is 0 Å². The van der Waals surface area contributed by atoms with Crippen molar-refractivity contribution in [2.24, 2.45) is 0 Å². The molecule has 1 amide bonds. The number of para-hydroxylation sites is 1. The van der Waals surface area contributed by atoms with Gasteiger partial charge in [-0.1, -0.05) is 67.8 Å². The van der Waals surface area contributed by atoms with Crippen molar-refractivity contribution >= 4 is 11.6 Å². The zero-order chi connectivity index (χ0) is 20.1. The normalized spacial score (nSPS) is 29.2. The first-order valence-corrected chi connectivity index (χ1v) is 11.0. The van der Waals surface area contributed by atoms with Crippen molar-refractivity contribution in [2.45, 2.75) is 55.6 Å². The van der Waals surface area contributed by atoms with Gasteiger partial charge in [-0.25, -0.2) is 0 Å². The summed E-state index contributed by atoms with van der Waals surface area (Å²) in [4.78, 5) is 18.6. The van der Waals surface area contributed by atoms with Crippen molar-refractivity contribution in [2.75, 3.05) is 25.5 Å². The molecule has 2 atom stereocenters. The molecule has 4 heteroatoms. The van der Waals surface area contributed by atoms with Crippen LogP contribution in [-0.4, -0.2) is 43.2 Å². The molecule has 1 saturated carbocycles. The number of amides is 1. The predicted octanol–water partition coefficient (Wildman–Crippen LogP) is 3.71. The molecule has 2 heterocycles. The zero-order valence-electron chi connectivity index (χ0n) is 17.5. The van der Waals surface area contributed by atoms with Gasteiger partial charge in [0.2, 0.25) is 0 Å². The first-order valence-electron chi connectivity index (χ1n) is 11.0. The van der Waals surface area contributed by atoms with E-state index in [-0.39, 0.29) is 11.3 Å². The molecule has 1 aliphatic carbocycles. The van der Waals surface area contributed by atoms with Crippen LogP contribution in [-0.2, 0) is 16.6 Å². The van der Waals surface area contributed by atoms with Crippen molar-refractivity contribution in [3.8, 4) is 0 Å². The number of nitrogens with one attached hydrogen (secondary N) is 1. The molecule has 0 unspecified atom stereocenters. The number of carbonyl (C=O) groups excluding carboxylic acids is 1. The van der Waals surface area contributed by atoms with Crippen LogP contribution in [0.15, 0.2) is 54.6 Å². The third kappa shape index (κ3) is 2.45. The van der Waals surface area contributed by atoms with Crippen LogP contribution in [0.1, 0.15) is 43.2 Å². The number of benzene rings is 2. The SMILES string of the molecule is CN[C@]12C(=O)N(C3CCCCC3)C[C@@]1(Cc1ccccc1)c1ccccc1N2C. The monoisotopic (exact) mass is 389 g/mol. The summed E-state index contributed by atoms with van der Waals surface area (Å²) in [5.74, 6) is 0.251. The fourth-order valence-electron chi connectivity index (χ4n) is 6.41. The van der Waals surface area contributed by atoms with E-state index in [4.69, 9.17) is 0 Å². The molecule has 2 aliphatic heterocycles. The van der Waals surface area contributed by atoms with Crippen LogP contribution < -0.4 is 10.2 Å². The Labute approximate surface area is 173 Å². The highest BCUT2D eigenvalue weighted by Crippen LogP contribution is 2.56. The molecule has 0 radical (unpaired) electrons. The Morgan fingerprint density at radius 2 is 1.69 bits per heavy atom. The Morgan fingerprint density at radius 1 is 1.00 bits per heavy atom. The molecule has 1 N–H and O–H groups in total. The van der Waals surface area contributed by atoms with Crippen LogP contribution in [0.4, 0.5) is 5.69 Å². The third-order valence-electron chi connectivity index (χ3n) is 7.71. The van der Waals surface area contributed by atoms with Gasteiger partial charge in [-0.05, 0) is 43.5 Å². The Balaban J connectivity index is 1.67. The zero-order valence-corrected chi connectivity index (χ0v) is 17.5. The van der Waals surface area contributed by atoms with Gasteiger partial charge in [-0.15, -0.1) is 0 Å². The fraction of sp³-hybridized carbons (Fsp3) is 0.480. The maximum absolute atomic E-state index is 14.1. The second-order valence-corrected chi connectivity index (χ2v) is 9.01. The van der Waals surface area contributed by atoms with Crippen molar-refractivity contribution in [3.05, 3.63) is 65.7 Å². The quantitative estimate of drug-likeness (QED) is 0.866.